The van der Waals surface area contributed by atoms with E-state index in [1.54, 1.807) is 6.92 Å². The Bertz CT molecular complexity index is 684. The van der Waals surface area contributed by atoms with E-state index in [0.29, 0.717) is 12.2 Å². The van der Waals surface area contributed by atoms with Gasteiger partial charge in [-0.15, -0.1) is 0 Å². The van der Waals surface area contributed by atoms with E-state index in [9.17, 15) is 8.42 Å². The summed E-state index contributed by atoms with van der Waals surface area (Å²) in [6.07, 6.45) is 0. The smallest absolute Gasteiger partial charge is 0.229 e. The van der Waals surface area contributed by atoms with Crippen molar-refractivity contribution >= 4 is 33.0 Å². The monoisotopic (exact) mass is 330 g/mol. The molecule has 0 saturated heterocycles. The van der Waals surface area contributed by atoms with Gasteiger partial charge in [0.2, 0.25) is 0 Å². The third-order valence-corrected chi connectivity index (χ3v) is 6.22. The van der Waals surface area contributed by atoms with Crippen LogP contribution >= 0.6 is 22.9 Å². The molecule has 2 rings (SSSR count). The molecule has 7 heteroatoms. The molecule has 20 heavy (non-hydrogen) atoms. The second-order valence-electron chi connectivity index (χ2n) is 4.50. The first-order chi connectivity index (χ1) is 9.40. The van der Waals surface area contributed by atoms with E-state index in [2.05, 4.69) is 9.71 Å². The Balaban J connectivity index is 2.08. The predicted octanol–water partition coefficient (Wildman–Crippen LogP) is 3.19. The summed E-state index contributed by atoms with van der Waals surface area (Å²) >= 11 is 6.72. The van der Waals surface area contributed by atoms with Crippen LogP contribution in [-0.2, 0) is 10.0 Å². The average Bonchev–Trinajstić information content (AvgIpc) is 2.77. The van der Waals surface area contributed by atoms with Crippen LogP contribution in [0.4, 0.5) is 0 Å². The maximum absolute atomic E-state index is 12.2. The van der Waals surface area contributed by atoms with Crippen LogP contribution in [0.2, 0.25) is 4.47 Å². The van der Waals surface area contributed by atoms with Crippen molar-refractivity contribution in [1.29, 1.82) is 0 Å². The number of rotatable bonds is 5. The first-order valence-electron chi connectivity index (χ1n) is 6.07. The summed E-state index contributed by atoms with van der Waals surface area (Å²) in [5.41, 5.74) is 1.52. The zero-order valence-corrected chi connectivity index (χ0v) is 13.5. The zero-order valence-electron chi connectivity index (χ0n) is 11.1. The molecule has 108 valence electrons. The van der Waals surface area contributed by atoms with Crippen molar-refractivity contribution in [3.05, 3.63) is 46.1 Å². The molecule has 0 fully saturated rings. The lowest BCUT2D eigenvalue weighted by Crippen LogP contribution is -2.27. The molecule has 4 nitrogen and oxygen atoms in total. The van der Waals surface area contributed by atoms with Gasteiger partial charge in [-0.05, 0) is 18.4 Å². The molecule has 1 aromatic carbocycles. The highest BCUT2D eigenvalue weighted by molar-refractivity contribution is 7.91. The minimum atomic E-state index is -3.55. The predicted molar refractivity (Wildman–Crippen MR) is 81.9 cm³/mol. The Hall–Kier alpha value is -0.950. The van der Waals surface area contributed by atoms with Crippen LogP contribution in [0.25, 0.3) is 0 Å². The van der Waals surface area contributed by atoms with Crippen LogP contribution < -0.4 is 4.72 Å². The first-order valence-corrected chi connectivity index (χ1v) is 8.75. The summed E-state index contributed by atoms with van der Waals surface area (Å²) in [6, 6.07) is 9.77. The molecule has 0 bridgehead atoms. The number of sulfonamides is 1. The molecule has 0 spiro atoms. The molecule has 1 aromatic heterocycles. The van der Waals surface area contributed by atoms with Crippen LogP contribution in [0.5, 0.6) is 0 Å². The van der Waals surface area contributed by atoms with Crippen molar-refractivity contribution in [2.75, 3.05) is 6.54 Å². The SMILES string of the molecule is Cc1nc(Cl)sc1S(=O)(=O)NC[C@H](C)c1ccccc1. The Kier molecular flexibility index (Phi) is 4.80. The molecule has 1 atom stereocenters. The van der Waals surface area contributed by atoms with Crippen molar-refractivity contribution in [2.24, 2.45) is 0 Å². The number of hydrogen-bond donors (Lipinski definition) is 1. The van der Waals surface area contributed by atoms with E-state index in [1.165, 1.54) is 0 Å². The van der Waals surface area contributed by atoms with E-state index >= 15 is 0 Å². The highest BCUT2D eigenvalue weighted by Crippen LogP contribution is 2.26. The van der Waals surface area contributed by atoms with Crippen LogP contribution in [0.1, 0.15) is 24.1 Å². The van der Waals surface area contributed by atoms with Gasteiger partial charge >= 0.3 is 0 Å². The third kappa shape index (κ3) is 3.58. The van der Waals surface area contributed by atoms with Crippen LogP contribution in [-0.4, -0.2) is 19.9 Å². The van der Waals surface area contributed by atoms with Gasteiger partial charge in [0.15, 0.2) is 8.68 Å². The van der Waals surface area contributed by atoms with Gasteiger partial charge in [-0.3, -0.25) is 0 Å². The maximum Gasteiger partial charge on any atom is 0.252 e. The van der Waals surface area contributed by atoms with Crippen molar-refractivity contribution < 1.29 is 8.42 Å². The molecule has 1 heterocycles. The number of aryl methyl sites for hydroxylation is 1. The van der Waals surface area contributed by atoms with Crippen molar-refractivity contribution in [3.63, 3.8) is 0 Å². The van der Waals surface area contributed by atoms with Gasteiger partial charge in [-0.25, -0.2) is 18.1 Å². The minimum Gasteiger partial charge on any atom is -0.229 e. The molecular weight excluding hydrogens is 316 g/mol. The van der Waals surface area contributed by atoms with Gasteiger partial charge in [0.1, 0.15) is 0 Å². The van der Waals surface area contributed by atoms with Gasteiger partial charge in [0, 0.05) is 6.54 Å². The van der Waals surface area contributed by atoms with Gasteiger partial charge in [-0.1, -0.05) is 60.2 Å². The Morgan fingerprint density at radius 2 is 2.00 bits per heavy atom. The van der Waals surface area contributed by atoms with Gasteiger partial charge in [0.25, 0.3) is 10.0 Å². The van der Waals surface area contributed by atoms with E-state index in [4.69, 9.17) is 11.6 Å². The highest BCUT2D eigenvalue weighted by Gasteiger charge is 2.22. The number of nitrogens with zero attached hydrogens (tertiary/aromatic N) is 1. The molecule has 0 aliphatic carbocycles. The molecule has 0 saturated carbocycles. The second-order valence-corrected chi connectivity index (χ2v) is 8.05. The number of thiazole rings is 1. The molecule has 1 N–H and O–H groups in total. The summed E-state index contributed by atoms with van der Waals surface area (Å²) in [6.45, 7) is 3.95. The molecule has 0 radical (unpaired) electrons. The van der Waals surface area contributed by atoms with Gasteiger partial charge < -0.3 is 0 Å². The fraction of sp³-hybridized carbons (Fsp3) is 0.308. The van der Waals surface area contributed by atoms with Gasteiger partial charge in [0.05, 0.1) is 5.69 Å². The zero-order chi connectivity index (χ0) is 14.8. The Morgan fingerprint density at radius 1 is 1.35 bits per heavy atom. The van der Waals surface area contributed by atoms with E-state index in [-0.39, 0.29) is 14.6 Å². The van der Waals surface area contributed by atoms with Crippen LogP contribution in [0, 0.1) is 6.92 Å². The van der Waals surface area contributed by atoms with E-state index in [1.807, 2.05) is 37.3 Å². The number of benzene rings is 1. The summed E-state index contributed by atoms with van der Waals surface area (Å²) in [5.74, 6) is 0.0923. The first kappa shape index (κ1) is 15.4. The van der Waals surface area contributed by atoms with Crippen molar-refractivity contribution in [1.82, 2.24) is 9.71 Å². The quantitative estimate of drug-likeness (QED) is 0.916. The van der Waals surface area contributed by atoms with Crippen molar-refractivity contribution in [3.8, 4) is 0 Å². The fourth-order valence-corrected chi connectivity index (χ4v) is 4.71. The summed E-state index contributed by atoms with van der Waals surface area (Å²) in [7, 11) is -3.55. The number of hydrogen-bond acceptors (Lipinski definition) is 4. The van der Waals surface area contributed by atoms with E-state index in [0.717, 1.165) is 16.9 Å². The second kappa shape index (κ2) is 6.22. The maximum atomic E-state index is 12.2. The minimum absolute atomic E-state index is 0.0923. The lowest BCUT2D eigenvalue weighted by Gasteiger charge is -2.12. The number of nitrogens with one attached hydrogen (secondary N) is 1. The Morgan fingerprint density at radius 3 is 2.55 bits per heavy atom. The summed E-state index contributed by atoms with van der Waals surface area (Å²) < 4.78 is 27.4. The number of aromatic nitrogens is 1. The fourth-order valence-electron chi connectivity index (χ4n) is 1.80. The summed E-state index contributed by atoms with van der Waals surface area (Å²) in [4.78, 5) is 3.93. The molecule has 0 unspecified atom stereocenters. The highest BCUT2D eigenvalue weighted by atomic mass is 35.5. The lowest BCUT2D eigenvalue weighted by molar-refractivity contribution is 0.576. The lowest BCUT2D eigenvalue weighted by atomic mass is 10.0. The molecule has 2 aromatic rings. The summed E-state index contributed by atoms with van der Waals surface area (Å²) in [5, 5.41) is 0. The molecular formula is C13H15ClN2O2S2. The standard InChI is InChI=1S/C13H15ClN2O2S2/c1-9(11-6-4-3-5-7-11)8-15-20(17,18)12-10(2)16-13(14)19-12/h3-7,9,15H,8H2,1-2H3/t9-/m0/s1. The van der Waals surface area contributed by atoms with Crippen LogP contribution in [0.15, 0.2) is 34.5 Å². The largest absolute Gasteiger partial charge is 0.252 e. The molecule has 0 aliphatic rings. The van der Waals surface area contributed by atoms with Crippen molar-refractivity contribution in [2.45, 2.75) is 24.0 Å². The van der Waals surface area contributed by atoms with Crippen LogP contribution in [0.3, 0.4) is 0 Å². The molecule has 0 amide bonds. The molecule has 0 aliphatic heterocycles. The van der Waals surface area contributed by atoms with Gasteiger partial charge in [-0.2, -0.15) is 0 Å². The average molecular weight is 331 g/mol. The Labute approximate surface area is 127 Å². The third-order valence-electron chi connectivity index (χ3n) is 2.92. The number of halogens is 1. The van der Waals surface area contributed by atoms with E-state index < -0.39 is 10.0 Å². The topological polar surface area (TPSA) is 59.1 Å². The normalized spacial score (nSPS) is 13.3.